The number of rotatable bonds is 6. The minimum absolute atomic E-state index is 0.594. The molecule has 1 aromatic rings. The molecule has 2 amide bonds. The standard InChI is InChI=1S/C11H10FN3O6/c12-5-1-2-8(15(20)21)6(3-5)10(17)14-7(11(18)19)4-9(13)16/h1-3,7H,4H2,(H2,13,16)(H,14,17)(H,18,19)/t7-/m0/s1. The lowest BCUT2D eigenvalue weighted by Crippen LogP contribution is -2.43. The van der Waals surface area contributed by atoms with Crippen LogP contribution in [0.5, 0.6) is 0 Å². The summed E-state index contributed by atoms with van der Waals surface area (Å²) in [6, 6.07) is 0.482. The first-order valence-electron chi connectivity index (χ1n) is 5.48. The fraction of sp³-hybridized carbons (Fsp3) is 0.182. The third-order valence-electron chi connectivity index (χ3n) is 2.41. The molecule has 10 heteroatoms. The summed E-state index contributed by atoms with van der Waals surface area (Å²) < 4.78 is 13.1. The van der Waals surface area contributed by atoms with Gasteiger partial charge in [0.25, 0.3) is 11.6 Å². The summed E-state index contributed by atoms with van der Waals surface area (Å²) in [6.45, 7) is 0. The highest BCUT2D eigenvalue weighted by Crippen LogP contribution is 2.19. The Morgan fingerprint density at radius 3 is 2.52 bits per heavy atom. The molecule has 21 heavy (non-hydrogen) atoms. The smallest absolute Gasteiger partial charge is 0.326 e. The number of carbonyl (C=O) groups excluding carboxylic acids is 2. The van der Waals surface area contributed by atoms with Crippen LogP contribution in [0.15, 0.2) is 18.2 Å². The molecule has 0 aliphatic carbocycles. The maximum absolute atomic E-state index is 13.1. The summed E-state index contributed by atoms with van der Waals surface area (Å²) in [5, 5.41) is 21.4. The van der Waals surface area contributed by atoms with Gasteiger partial charge < -0.3 is 16.2 Å². The SMILES string of the molecule is NC(=O)C[C@H](NC(=O)c1cc(F)ccc1[N+](=O)[O-])C(=O)O. The number of amides is 2. The van der Waals surface area contributed by atoms with Gasteiger partial charge in [0.05, 0.1) is 11.3 Å². The molecule has 0 heterocycles. The van der Waals surface area contributed by atoms with E-state index in [1.807, 2.05) is 5.32 Å². The monoisotopic (exact) mass is 299 g/mol. The Bertz CT molecular complexity index is 618. The van der Waals surface area contributed by atoms with E-state index in [-0.39, 0.29) is 0 Å². The van der Waals surface area contributed by atoms with Crippen LogP contribution < -0.4 is 11.1 Å². The Morgan fingerprint density at radius 2 is 2.05 bits per heavy atom. The van der Waals surface area contributed by atoms with Crippen LogP contribution in [-0.2, 0) is 9.59 Å². The van der Waals surface area contributed by atoms with Crippen molar-refractivity contribution < 1.29 is 28.8 Å². The molecule has 0 saturated carbocycles. The lowest BCUT2D eigenvalue weighted by Gasteiger charge is -2.12. The Labute approximate surface area is 116 Å². The third kappa shape index (κ3) is 4.23. The number of benzene rings is 1. The molecule has 0 radical (unpaired) electrons. The van der Waals surface area contributed by atoms with Gasteiger partial charge in [-0.2, -0.15) is 0 Å². The molecule has 0 aliphatic rings. The summed E-state index contributed by atoms with van der Waals surface area (Å²) in [5.74, 6) is -4.65. The predicted molar refractivity (Wildman–Crippen MR) is 65.8 cm³/mol. The van der Waals surface area contributed by atoms with Crippen LogP contribution in [-0.4, -0.2) is 33.9 Å². The van der Waals surface area contributed by atoms with Crippen molar-refractivity contribution in [3.63, 3.8) is 0 Å². The zero-order valence-corrected chi connectivity index (χ0v) is 10.4. The van der Waals surface area contributed by atoms with E-state index in [4.69, 9.17) is 10.8 Å². The van der Waals surface area contributed by atoms with Gasteiger partial charge in [0.2, 0.25) is 5.91 Å². The Hall–Kier alpha value is -3.04. The molecular formula is C11H10FN3O6. The maximum Gasteiger partial charge on any atom is 0.326 e. The van der Waals surface area contributed by atoms with E-state index in [1.165, 1.54) is 0 Å². The van der Waals surface area contributed by atoms with E-state index in [2.05, 4.69) is 0 Å². The van der Waals surface area contributed by atoms with Gasteiger partial charge in [-0.15, -0.1) is 0 Å². The van der Waals surface area contributed by atoms with Crippen molar-refractivity contribution in [2.45, 2.75) is 12.5 Å². The van der Waals surface area contributed by atoms with Crippen LogP contribution in [0.25, 0.3) is 0 Å². The van der Waals surface area contributed by atoms with Crippen LogP contribution in [0.4, 0.5) is 10.1 Å². The summed E-state index contributed by atoms with van der Waals surface area (Å²) in [5.41, 5.74) is 3.47. The van der Waals surface area contributed by atoms with Crippen molar-refractivity contribution in [2.75, 3.05) is 0 Å². The molecule has 9 nitrogen and oxygen atoms in total. The number of hydrogen-bond acceptors (Lipinski definition) is 5. The minimum atomic E-state index is -1.67. The fourth-order valence-electron chi connectivity index (χ4n) is 1.49. The number of hydrogen-bond donors (Lipinski definition) is 3. The number of nitro benzene ring substituents is 1. The molecule has 1 atom stereocenters. The Balaban J connectivity index is 3.07. The van der Waals surface area contributed by atoms with Crippen LogP contribution >= 0.6 is 0 Å². The normalized spacial score (nSPS) is 11.5. The van der Waals surface area contributed by atoms with Gasteiger partial charge in [0.15, 0.2) is 0 Å². The maximum atomic E-state index is 13.1. The van der Waals surface area contributed by atoms with Gasteiger partial charge in [0.1, 0.15) is 17.4 Å². The largest absolute Gasteiger partial charge is 0.480 e. The van der Waals surface area contributed by atoms with Crippen LogP contribution in [0, 0.1) is 15.9 Å². The van der Waals surface area contributed by atoms with Gasteiger partial charge in [-0.3, -0.25) is 19.7 Å². The Morgan fingerprint density at radius 1 is 1.43 bits per heavy atom. The molecule has 0 bridgehead atoms. The first-order chi connectivity index (χ1) is 9.72. The first-order valence-corrected chi connectivity index (χ1v) is 5.48. The van der Waals surface area contributed by atoms with Crippen LogP contribution in [0.1, 0.15) is 16.8 Å². The molecule has 0 spiro atoms. The number of aliphatic carboxylic acids is 1. The summed E-state index contributed by atoms with van der Waals surface area (Å²) in [6.07, 6.45) is -0.704. The molecule has 0 aromatic heterocycles. The topological polar surface area (TPSA) is 153 Å². The first kappa shape index (κ1) is 16.0. The number of nitrogens with one attached hydrogen (secondary N) is 1. The Kier molecular flexibility index (Phi) is 4.89. The lowest BCUT2D eigenvalue weighted by molar-refractivity contribution is -0.385. The molecule has 0 aliphatic heterocycles. The number of nitrogens with two attached hydrogens (primary N) is 1. The number of nitro groups is 1. The molecular weight excluding hydrogens is 289 g/mol. The number of carboxylic acids is 1. The van der Waals surface area contributed by atoms with E-state index in [1.54, 1.807) is 0 Å². The van der Waals surface area contributed by atoms with Crippen molar-refractivity contribution >= 4 is 23.5 Å². The van der Waals surface area contributed by atoms with Gasteiger partial charge in [-0.1, -0.05) is 0 Å². The second kappa shape index (κ2) is 6.41. The van der Waals surface area contributed by atoms with Gasteiger partial charge >= 0.3 is 5.97 Å². The van der Waals surface area contributed by atoms with Crippen molar-refractivity contribution in [1.82, 2.24) is 5.32 Å². The lowest BCUT2D eigenvalue weighted by atomic mass is 10.1. The zero-order valence-electron chi connectivity index (χ0n) is 10.4. The number of nitrogens with zero attached hydrogens (tertiary/aromatic N) is 1. The van der Waals surface area contributed by atoms with Crippen LogP contribution in [0.2, 0.25) is 0 Å². The number of carboxylic acid groups (broad SMARTS) is 1. The second-order valence-corrected chi connectivity index (χ2v) is 3.95. The molecule has 0 saturated heterocycles. The molecule has 0 unspecified atom stereocenters. The van der Waals surface area contributed by atoms with Crippen molar-refractivity contribution in [3.8, 4) is 0 Å². The average Bonchev–Trinajstić information content (AvgIpc) is 2.36. The molecule has 0 fully saturated rings. The molecule has 1 rings (SSSR count). The van der Waals surface area contributed by atoms with E-state index in [0.29, 0.717) is 6.07 Å². The number of halogens is 1. The molecule has 112 valence electrons. The quantitative estimate of drug-likeness (QED) is 0.488. The minimum Gasteiger partial charge on any atom is -0.480 e. The van der Waals surface area contributed by atoms with E-state index >= 15 is 0 Å². The third-order valence-corrected chi connectivity index (χ3v) is 2.41. The number of carbonyl (C=O) groups is 3. The molecule has 1 aromatic carbocycles. The van der Waals surface area contributed by atoms with E-state index in [0.717, 1.165) is 12.1 Å². The van der Waals surface area contributed by atoms with Gasteiger partial charge in [-0.25, -0.2) is 9.18 Å². The van der Waals surface area contributed by atoms with Crippen molar-refractivity contribution in [2.24, 2.45) is 5.73 Å². The summed E-state index contributed by atoms with van der Waals surface area (Å²) in [7, 11) is 0. The van der Waals surface area contributed by atoms with Crippen molar-refractivity contribution in [1.29, 1.82) is 0 Å². The highest BCUT2D eigenvalue weighted by Gasteiger charge is 2.27. The highest BCUT2D eigenvalue weighted by atomic mass is 19.1. The fourth-order valence-corrected chi connectivity index (χ4v) is 1.49. The number of primary amides is 1. The van der Waals surface area contributed by atoms with Crippen LogP contribution in [0.3, 0.4) is 0 Å². The summed E-state index contributed by atoms with van der Waals surface area (Å²) in [4.78, 5) is 43.2. The van der Waals surface area contributed by atoms with Crippen molar-refractivity contribution in [3.05, 3.63) is 39.7 Å². The summed E-state index contributed by atoms with van der Waals surface area (Å²) >= 11 is 0. The average molecular weight is 299 g/mol. The highest BCUT2D eigenvalue weighted by molar-refractivity contribution is 6.00. The van der Waals surface area contributed by atoms with E-state index < -0.39 is 52.2 Å². The zero-order chi connectivity index (χ0) is 16.2. The predicted octanol–water partition coefficient (Wildman–Crippen LogP) is -0.208. The second-order valence-electron chi connectivity index (χ2n) is 3.95. The van der Waals surface area contributed by atoms with Gasteiger partial charge in [-0.05, 0) is 12.1 Å². The molecule has 4 N–H and O–H groups in total. The van der Waals surface area contributed by atoms with Gasteiger partial charge in [0, 0.05) is 6.07 Å². The van der Waals surface area contributed by atoms with E-state index in [9.17, 15) is 28.9 Å².